The normalized spacial score (nSPS) is 11.2. The first-order chi connectivity index (χ1) is 8.52. The van der Waals surface area contributed by atoms with Crippen LogP contribution in [0.2, 0.25) is 0 Å². The minimum absolute atomic E-state index is 0.0787. The van der Waals surface area contributed by atoms with Crippen molar-refractivity contribution in [1.29, 1.82) is 0 Å². The molecular formula is C13H16ClN3O. The minimum Gasteiger partial charge on any atom is -0.350 e. The summed E-state index contributed by atoms with van der Waals surface area (Å²) in [7, 11) is 1.92. The molecule has 0 atom stereocenters. The molecule has 1 amide bonds. The molecule has 0 aliphatic rings. The van der Waals surface area contributed by atoms with Crippen molar-refractivity contribution in [3.05, 3.63) is 29.6 Å². The fourth-order valence-corrected chi connectivity index (χ4v) is 2.10. The Bertz CT molecular complexity index is 589. The Labute approximate surface area is 111 Å². The zero-order chi connectivity index (χ0) is 13.3. The molecule has 1 heterocycles. The summed E-state index contributed by atoms with van der Waals surface area (Å²) in [6.45, 7) is 3.87. The maximum atomic E-state index is 11.9. The van der Waals surface area contributed by atoms with Crippen LogP contribution < -0.4 is 5.32 Å². The summed E-state index contributed by atoms with van der Waals surface area (Å²) < 4.78 is 1.94. The van der Waals surface area contributed by atoms with E-state index in [1.807, 2.05) is 31.5 Å². The van der Waals surface area contributed by atoms with Crippen LogP contribution in [0, 0.1) is 0 Å². The Kier molecular flexibility index (Phi) is 3.57. The molecule has 2 aromatic rings. The summed E-state index contributed by atoms with van der Waals surface area (Å²) in [5.74, 6) is 1.08. The van der Waals surface area contributed by atoms with Crippen LogP contribution >= 0.6 is 11.6 Å². The van der Waals surface area contributed by atoms with Crippen molar-refractivity contribution in [3.63, 3.8) is 0 Å². The first kappa shape index (κ1) is 12.9. The van der Waals surface area contributed by atoms with E-state index < -0.39 is 0 Å². The van der Waals surface area contributed by atoms with E-state index in [4.69, 9.17) is 11.6 Å². The number of nitrogens with zero attached hydrogens (tertiary/aromatic N) is 2. The molecule has 1 N–H and O–H groups in total. The van der Waals surface area contributed by atoms with Gasteiger partial charge in [-0.2, -0.15) is 0 Å². The molecule has 18 heavy (non-hydrogen) atoms. The summed E-state index contributed by atoms with van der Waals surface area (Å²) >= 11 is 5.81. The lowest BCUT2D eigenvalue weighted by atomic mass is 10.2. The van der Waals surface area contributed by atoms with E-state index in [9.17, 15) is 4.79 Å². The summed E-state index contributed by atoms with van der Waals surface area (Å²) in [6, 6.07) is 5.62. The average Bonchev–Trinajstić information content (AvgIpc) is 2.64. The van der Waals surface area contributed by atoms with Crippen LogP contribution in [-0.4, -0.2) is 21.5 Å². The number of carbonyl (C=O) groups excluding carboxylic acids is 1. The highest BCUT2D eigenvalue weighted by Gasteiger charge is 2.11. The molecule has 96 valence electrons. The van der Waals surface area contributed by atoms with E-state index in [0.717, 1.165) is 16.9 Å². The van der Waals surface area contributed by atoms with Gasteiger partial charge in [-0.15, -0.1) is 11.6 Å². The third kappa shape index (κ3) is 2.34. The Hall–Kier alpha value is -1.55. The number of rotatable bonds is 3. The molecule has 1 aromatic heterocycles. The molecular weight excluding hydrogens is 250 g/mol. The first-order valence-corrected chi connectivity index (χ1v) is 6.38. The zero-order valence-corrected chi connectivity index (χ0v) is 11.5. The lowest BCUT2D eigenvalue weighted by Crippen LogP contribution is -2.29. The lowest BCUT2D eigenvalue weighted by Gasteiger charge is -2.08. The van der Waals surface area contributed by atoms with Crippen LogP contribution in [0.5, 0.6) is 0 Å². The molecule has 0 spiro atoms. The second-order valence-corrected chi connectivity index (χ2v) is 4.82. The monoisotopic (exact) mass is 265 g/mol. The first-order valence-electron chi connectivity index (χ1n) is 5.85. The molecule has 0 fully saturated rings. The van der Waals surface area contributed by atoms with Crippen LogP contribution in [0.4, 0.5) is 0 Å². The Morgan fingerprint density at radius 3 is 2.83 bits per heavy atom. The number of hydrogen-bond donors (Lipinski definition) is 1. The van der Waals surface area contributed by atoms with Crippen LogP contribution in [0.25, 0.3) is 11.0 Å². The maximum Gasteiger partial charge on any atom is 0.251 e. The number of aryl methyl sites for hydroxylation is 1. The summed E-state index contributed by atoms with van der Waals surface area (Å²) in [4.78, 5) is 16.3. The molecule has 0 bridgehead atoms. The number of hydrogen-bond acceptors (Lipinski definition) is 2. The predicted molar refractivity (Wildman–Crippen MR) is 72.9 cm³/mol. The van der Waals surface area contributed by atoms with E-state index in [-0.39, 0.29) is 11.9 Å². The number of benzene rings is 1. The van der Waals surface area contributed by atoms with Crippen LogP contribution in [0.15, 0.2) is 18.2 Å². The standard InChI is InChI=1S/C13H16ClN3O/c1-8(2)15-13(18)9-4-5-11-10(6-9)16-12(7-14)17(11)3/h4-6,8H,7H2,1-3H3,(H,15,18). The molecule has 0 aliphatic carbocycles. The number of nitrogens with one attached hydrogen (secondary N) is 1. The third-order valence-corrected chi connectivity index (χ3v) is 3.01. The highest BCUT2D eigenvalue weighted by atomic mass is 35.5. The van der Waals surface area contributed by atoms with Crippen molar-refractivity contribution in [2.24, 2.45) is 7.05 Å². The van der Waals surface area contributed by atoms with E-state index in [0.29, 0.717) is 11.4 Å². The Morgan fingerprint density at radius 1 is 1.50 bits per heavy atom. The molecule has 4 nitrogen and oxygen atoms in total. The highest BCUT2D eigenvalue weighted by molar-refractivity contribution is 6.16. The van der Waals surface area contributed by atoms with E-state index in [2.05, 4.69) is 10.3 Å². The average molecular weight is 266 g/mol. The molecule has 0 saturated heterocycles. The van der Waals surface area contributed by atoms with Gasteiger partial charge in [0, 0.05) is 18.7 Å². The molecule has 0 unspecified atom stereocenters. The molecule has 0 radical (unpaired) electrons. The fourth-order valence-electron chi connectivity index (χ4n) is 1.86. The van der Waals surface area contributed by atoms with Crippen molar-refractivity contribution in [2.75, 3.05) is 0 Å². The summed E-state index contributed by atoms with van der Waals surface area (Å²) in [5, 5.41) is 2.86. The van der Waals surface area contributed by atoms with Crippen molar-refractivity contribution in [3.8, 4) is 0 Å². The van der Waals surface area contributed by atoms with Gasteiger partial charge in [0.1, 0.15) is 5.82 Å². The molecule has 2 rings (SSSR count). The second kappa shape index (κ2) is 4.98. The predicted octanol–water partition coefficient (Wildman–Crippen LogP) is 2.45. The largest absolute Gasteiger partial charge is 0.350 e. The summed E-state index contributed by atoms with van der Waals surface area (Å²) in [5.41, 5.74) is 2.40. The zero-order valence-electron chi connectivity index (χ0n) is 10.7. The maximum absolute atomic E-state index is 11.9. The summed E-state index contributed by atoms with van der Waals surface area (Å²) in [6.07, 6.45) is 0. The van der Waals surface area contributed by atoms with Gasteiger partial charge in [-0.05, 0) is 32.0 Å². The van der Waals surface area contributed by atoms with Gasteiger partial charge in [0.05, 0.1) is 16.9 Å². The van der Waals surface area contributed by atoms with Gasteiger partial charge in [0.2, 0.25) is 0 Å². The molecule has 0 aliphatic heterocycles. The lowest BCUT2D eigenvalue weighted by molar-refractivity contribution is 0.0943. The number of fused-ring (bicyclic) bond motifs is 1. The second-order valence-electron chi connectivity index (χ2n) is 4.55. The quantitative estimate of drug-likeness (QED) is 0.867. The van der Waals surface area contributed by atoms with Gasteiger partial charge in [-0.3, -0.25) is 4.79 Å². The van der Waals surface area contributed by atoms with Gasteiger partial charge in [0.15, 0.2) is 0 Å². The molecule has 0 saturated carbocycles. The van der Waals surface area contributed by atoms with E-state index >= 15 is 0 Å². The highest BCUT2D eigenvalue weighted by Crippen LogP contribution is 2.17. The fraction of sp³-hybridized carbons (Fsp3) is 0.385. The number of halogens is 1. The number of alkyl halides is 1. The van der Waals surface area contributed by atoms with Gasteiger partial charge < -0.3 is 9.88 Å². The number of aromatic nitrogens is 2. The minimum atomic E-state index is -0.0787. The van der Waals surface area contributed by atoms with Crippen molar-refractivity contribution < 1.29 is 4.79 Å². The molecule has 5 heteroatoms. The SMILES string of the molecule is CC(C)NC(=O)c1ccc2c(c1)nc(CCl)n2C. The van der Waals surface area contributed by atoms with Gasteiger partial charge in [-0.25, -0.2) is 4.98 Å². The van der Waals surface area contributed by atoms with Crippen LogP contribution in [0.1, 0.15) is 30.0 Å². The number of imidazole rings is 1. The van der Waals surface area contributed by atoms with E-state index in [1.54, 1.807) is 12.1 Å². The van der Waals surface area contributed by atoms with Crippen molar-refractivity contribution >= 4 is 28.5 Å². The molecule has 1 aromatic carbocycles. The number of carbonyl (C=O) groups is 1. The van der Waals surface area contributed by atoms with Crippen molar-refractivity contribution in [2.45, 2.75) is 25.8 Å². The van der Waals surface area contributed by atoms with Gasteiger partial charge in [0.25, 0.3) is 5.91 Å². The number of amides is 1. The van der Waals surface area contributed by atoms with E-state index in [1.165, 1.54) is 0 Å². The van der Waals surface area contributed by atoms with Crippen LogP contribution in [0.3, 0.4) is 0 Å². The Balaban J connectivity index is 2.41. The third-order valence-electron chi connectivity index (χ3n) is 2.77. The van der Waals surface area contributed by atoms with Gasteiger partial charge >= 0.3 is 0 Å². The topological polar surface area (TPSA) is 46.9 Å². The van der Waals surface area contributed by atoms with Crippen LogP contribution in [-0.2, 0) is 12.9 Å². The Morgan fingerprint density at radius 2 is 2.22 bits per heavy atom. The van der Waals surface area contributed by atoms with Gasteiger partial charge in [-0.1, -0.05) is 0 Å². The van der Waals surface area contributed by atoms with Crippen molar-refractivity contribution in [1.82, 2.24) is 14.9 Å². The smallest absolute Gasteiger partial charge is 0.251 e.